The Morgan fingerprint density at radius 3 is 2.89 bits per heavy atom. The molecular formula is C20H25N7O. The Bertz CT molecular complexity index is 961. The summed E-state index contributed by atoms with van der Waals surface area (Å²) < 4.78 is 2.02. The molecule has 0 spiro atoms. The number of fused-ring (bicyclic) bond motifs is 3. The quantitative estimate of drug-likeness (QED) is 0.845. The molecule has 1 fully saturated rings. The molecule has 0 radical (unpaired) electrons. The van der Waals surface area contributed by atoms with E-state index in [1.165, 1.54) is 0 Å². The van der Waals surface area contributed by atoms with E-state index in [1.807, 2.05) is 47.3 Å². The van der Waals surface area contributed by atoms with Gasteiger partial charge in [-0.25, -0.2) is 10.0 Å². The first-order chi connectivity index (χ1) is 13.6. The second-order valence-corrected chi connectivity index (χ2v) is 7.74. The molecule has 28 heavy (non-hydrogen) atoms. The summed E-state index contributed by atoms with van der Waals surface area (Å²) in [4.78, 5) is 25.0. The number of nitrogens with one attached hydrogen (secondary N) is 2. The lowest BCUT2D eigenvalue weighted by Gasteiger charge is -2.32. The number of likely N-dealkylation sites (N-methyl/N-ethyl adjacent to an activating group) is 2. The minimum Gasteiger partial charge on any atom is -0.339 e. The highest BCUT2D eigenvalue weighted by atomic mass is 16.2. The zero-order valence-electron chi connectivity index (χ0n) is 16.2. The van der Waals surface area contributed by atoms with Gasteiger partial charge in [-0.15, -0.1) is 0 Å². The van der Waals surface area contributed by atoms with Gasteiger partial charge < -0.3 is 24.8 Å². The van der Waals surface area contributed by atoms with E-state index >= 15 is 0 Å². The first-order valence-corrected chi connectivity index (χ1v) is 9.68. The number of rotatable bonds is 3. The van der Waals surface area contributed by atoms with Gasteiger partial charge in [0.2, 0.25) is 5.91 Å². The fraction of sp³-hybridized carbons (Fsp3) is 0.400. The van der Waals surface area contributed by atoms with Crippen LogP contribution >= 0.6 is 0 Å². The molecule has 5 rings (SSSR count). The van der Waals surface area contributed by atoms with Crippen LogP contribution in [0.3, 0.4) is 0 Å². The first-order valence-electron chi connectivity index (χ1n) is 9.68. The minimum atomic E-state index is 0.160. The van der Waals surface area contributed by atoms with E-state index in [-0.39, 0.29) is 11.9 Å². The summed E-state index contributed by atoms with van der Waals surface area (Å²) in [5, 5.41) is 2.08. The number of aromatic amines is 1. The van der Waals surface area contributed by atoms with Crippen LogP contribution in [0.2, 0.25) is 0 Å². The van der Waals surface area contributed by atoms with E-state index in [0.29, 0.717) is 6.54 Å². The molecule has 2 N–H and O–H groups in total. The summed E-state index contributed by atoms with van der Waals surface area (Å²) in [6, 6.07) is 6.35. The van der Waals surface area contributed by atoms with Gasteiger partial charge in [-0.3, -0.25) is 4.79 Å². The molecule has 3 aliphatic rings. The molecule has 146 valence electrons. The number of hydrazine groups is 1. The third-order valence-corrected chi connectivity index (χ3v) is 5.87. The number of nitrogens with zero attached hydrogens (tertiary/aromatic N) is 5. The van der Waals surface area contributed by atoms with Crippen LogP contribution in [0.15, 0.2) is 41.2 Å². The second kappa shape index (κ2) is 6.65. The van der Waals surface area contributed by atoms with Crippen LogP contribution < -0.4 is 5.43 Å². The van der Waals surface area contributed by atoms with Crippen LogP contribution in [0.1, 0.15) is 11.6 Å². The Morgan fingerprint density at radius 2 is 2.07 bits per heavy atom. The van der Waals surface area contributed by atoms with E-state index in [9.17, 15) is 4.79 Å². The average molecular weight is 379 g/mol. The third-order valence-electron chi connectivity index (χ3n) is 5.87. The monoisotopic (exact) mass is 379 g/mol. The molecule has 1 atom stereocenters. The summed E-state index contributed by atoms with van der Waals surface area (Å²) in [7, 11) is 4.13. The molecule has 8 nitrogen and oxygen atoms in total. The Labute approximate surface area is 164 Å². The molecule has 5 heterocycles. The number of aromatic nitrogens is 2. The van der Waals surface area contributed by atoms with Crippen LogP contribution in [0.25, 0.3) is 11.4 Å². The molecular weight excluding hydrogens is 354 g/mol. The van der Waals surface area contributed by atoms with Crippen LogP contribution in [0.5, 0.6) is 0 Å². The highest BCUT2D eigenvalue weighted by molar-refractivity contribution is 5.87. The van der Waals surface area contributed by atoms with Crippen LogP contribution in [-0.2, 0) is 11.3 Å². The van der Waals surface area contributed by atoms with E-state index in [2.05, 4.69) is 38.4 Å². The maximum Gasteiger partial charge on any atom is 0.242 e. The van der Waals surface area contributed by atoms with Gasteiger partial charge in [-0.1, -0.05) is 0 Å². The van der Waals surface area contributed by atoms with E-state index in [1.54, 1.807) is 0 Å². The van der Waals surface area contributed by atoms with Gasteiger partial charge in [-0.2, -0.15) is 0 Å². The highest BCUT2D eigenvalue weighted by Crippen LogP contribution is 2.40. The second-order valence-electron chi connectivity index (χ2n) is 7.74. The minimum absolute atomic E-state index is 0.160. The molecule has 2 aromatic rings. The Kier molecular flexibility index (Phi) is 4.10. The Hall–Kier alpha value is -2.84. The predicted molar refractivity (Wildman–Crippen MR) is 108 cm³/mol. The topological polar surface area (TPSA) is 71.9 Å². The molecule has 0 aliphatic carbocycles. The first kappa shape index (κ1) is 17.3. The van der Waals surface area contributed by atoms with Gasteiger partial charge in [0.15, 0.2) is 0 Å². The summed E-state index contributed by atoms with van der Waals surface area (Å²) in [5.41, 5.74) is 7.52. The lowest BCUT2D eigenvalue weighted by Crippen LogP contribution is -2.48. The largest absolute Gasteiger partial charge is 0.339 e. The number of aliphatic imine (C=N–C) groups is 1. The van der Waals surface area contributed by atoms with Crippen molar-refractivity contribution < 1.29 is 4.79 Å². The lowest BCUT2D eigenvalue weighted by molar-refractivity contribution is -0.133. The Balaban J connectivity index is 1.39. The number of piperazine rings is 1. The van der Waals surface area contributed by atoms with Gasteiger partial charge in [0.1, 0.15) is 12.4 Å². The van der Waals surface area contributed by atoms with Gasteiger partial charge in [0, 0.05) is 63.0 Å². The molecule has 2 aromatic heterocycles. The van der Waals surface area contributed by atoms with Crippen molar-refractivity contribution in [1.29, 1.82) is 0 Å². The number of carbonyl (C=O) groups is 1. The molecule has 0 aromatic carbocycles. The Morgan fingerprint density at radius 1 is 1.25 bits per heavy atom. The van der Waals surface area contributed by atoms with Crippen molar-refractivity contribution in [3.8, 4) is 11.4 Å². The van der Waals surface area contributed by atoms with Crippen molar-refractivity contribution >= 4 is 17.9 Å². The van der Waals surface area contributed by atoms with E-state index in [4.69, 9.17) is 0 Å². The van der Waals surface area contributed by atoms with E-state index in [0.717, 1.165) is 54.5 Å². The van der Waals surface area contributed by atoms with Crippen LogP contribution in [0.4, 0.5) is 5.82 Å². The molecule has 0 saturated carbocycles. The highest BCUT2D eigenvalue weighted by Gasteiger charge is 2.32. The van der Waals surface area contributed by atoms with Crippen molar-refractivity contribution in [3.63, 3.8) is 0 Å². The van der Waals surface area contributed by atoms with Crippen LogP contribution in [0, 0.1) is 0 Å². The van der Waals surface area contributed by atoms with Crippen molar-refractivity contribution in [2.75, 3.05) is 40.3 Å². The molecule has 1 unspecified atom stereocenters. The molecule has 1 amide bonds. The van der Waals surface area contributed by atoms with Gasteiger partial charge >= 0.3 is 0 Å². The summed E-state index contributed by atoms with van der Waals surface area (Å²) in [6.07, 6.45) is 5.86. The summed E-state index contributed by atoms with van der Waals surface area (Å²) in [6.45, 7) is 3.82. The fourth-order valence-electron chi connectivity index (χ4n) is 4.20. The normalized spacial score (nSPS) is 22.0. The van der Waals surface area contributed by atoms with Crippen molar-refractivity contribution in [3.05, 3.63) is 41.7 Å². The number of hydrogen-bond donors (Lipinski definition) is 2. The zero-order chi connectivity index (χ0) is 19.3. The molecule has 0 bridgehead atoms. The molecule has 3 aliphatic heterocycles. The van der Waals surface area contributed by atoms with Crippen molar-refractivity contribution in [1.82, 2.24) is 29.8 Å². The smallest absolute Gasteiger partial charge is 0.242 e. The standard InChI is InChI=1S/C20H25N7O/c1-24-6-8-26(9-7-24)18(28)13-27-5-3-4-17(27)16-10-15-19-14(12-22-25(19)2)11-21-20(15)23-16/h3-5,10-12,19,22-23H,6-9,13H2,1-2H3. The van der Waals surface area contributed by atoms with Crippen molar-refractivity contribution in [2.24, 2.45) is 4.99 Å². The van der Waals surface area contributed by atoms with Crippen molar-refractivity contribution in [2.45, 2.75) is 12.6 Å². The molecule has 1 saturated heterocycles. The van der Waals surface area contributed by atoms with Gasteiger partial charge in [-0.05, 0) is 25.2 Å². The predicted octanol–water partition coefficient (Wildman–Crippen LogP) is 1.35. The summed E-state index contributed by atoms with van der Waals surface area (Å²) in [5.74, 6) is 1.05. The number of amides is 1. The molecule has 8 heteroatoms. The number of hydrogen-bond acceptors (Lipinski definition) is 5. The summed E-state index contributed by atoms with van der Waals surface area (Å²) >= 11 is 0. The number of H-pyrrole nitrogens is 1. The fourth-order valence-corrected chi connectivity index (χ4v) is 4.20. The maximum absolute atomic E-state index is 12.8. The third kappa shape index (κ3) is 2.85. The maximum atomic E-state index is 12.8. The zero-order valence-corrected chi connectivity index (χ0v) is 16.2. The number of carbonyl (C=O) groups excluding carboxylic acids is 1. The van der Waals surface area contributed by atoms with Crippen LogP contribution in [-0.4, -0.2) is 76.8 Å². The van der Waals surface area contributed by atoms with Gasteiger partial charge in [0.05, 0.1) is 17.4 Å². The van der Waals surface area contributed by atoms with Gasteiger partial charge in [0.25, 0.3) is 0 Å². The SMILES string of the molecule is CN1CCN(C(=O)Cn2cccc2-c2cc3c([nH]2)N=CC2=CNN(C)C23)CC1. The average Bonchev–Trinajstić information content (AvgIpc) is 3.40. The lowest BCUT2D eigenvalue weighted by atomic mass is 10.0. The van der Waals surface area contributed by atoms with E-state index < -0.39 is 0 Å².